The maximum Gasteiger partial charge on any atom is 0.268 e. The second-order valence-electron chi connectivity index (χ2n) is 4.24. The Labute approximate surface area is 119 Å². The number of hydrogen-bond acceptors (Lipinski definition) is 6. The number of ketones is 3. The van der Waals surface area contributed by atoms with E-state index in [-0.39, 0.29) is 5.75 Å². The highest BCUT2D eigenvalue weighted by atomic mass is 16.3. The summed E-state index contributed by atoms with van der Waals surface area (Å²) >= 11 is 0. The zero-order chi connectivity index (χ0) is 15.6. The monoisotopic (exact) mass is 286 g/mol. The van der Waals surface area contributed by atoms with Crippen LogP contribution in [0.2, 0.25) is 0 Å². The van der Waals surface area contributed by atoms with Crippen LogP contribution in [0.4, 0.5) is 0 Å². The van der Waals surface area contributed by atoms with Crippen molar-refractivity contribution in [3.05, 3.63) is 59.1 Å². The van der Waals surface area contributed by atoms with Gasteiger partial charge in [-0.25, -0.2) is 0 Å². The molecule has 0 atom stereocenters. The molecule has 0 aliphatic heterocycles. The first-order chi connectivity index (χ1) is 9.90. The normalized spacial score (nSPS) is 15.5. The fourth-order valence-corrected chi connectivity index (χ4v) is 1.70. The van der Waals surface area contributed by atoms with Crippen molar-refractivity contribution in [2.75, 3.05) is 0 Å². The van der Waals surface area contributed by atoms with Gasteiger partial charge in [0.05, 0.1) is 0 Å². The molecule has 0 spiro atoms. The minimum absolute atomic E-state index is 0.0656. The summed E-state index contributed by atoms with van der Waals surface area (Å²) in [4.78, 5) is 34.2. The number of Topliss-reactive ketones (excluding diaryl/α,β-unsaturated/α-hetero) is 1. The largest absolute Gasteiger partial charge is 0.508 e. The zero-order valence-corrected chi connectivity index (χ0v) is 10.6. The number of allylic oxidation sites excluding steroid dienone is 4. The molecule has 0 fully saturated rings. The van der Waals surface area contributed by atoms with E-state index >= 15 is 0 Å². The Morgan fingerprint density at radius 2 is 1.62 bits per heavy atom. The molecule has 0 amide bonds. The molecule has 3 N–H and O–H groups in total. The van der Waals surface area contributed by atoms with Crippen LogP contribution in [0.1, 0.15) is 5.56 Å². The van der Waals surface area contributed by atoms with Gasteiger partial charge in [-0.3, -0.25) is 14.4 Å². The molecule has 0 aromatic heterocycles. The molecule has 1 aromatic rings. The van der Waals surface area contributed by atoms with Gasteiger partial charge in [-0.2, -0.15) is 0 Å². The second-order valence-corrected chi connectivity index (χ2v) is 4.24. The molecule has 1 aliphatic rings. The first-order valence-corrected chi connectivity index (χ1v) is 5.84. The van der Waals surface area contributed by atoms with Crippen LogP contribution in [0.3, 0.4) is 0 Å². The molecule has 0 saturated carbocycles. The van der Waals surface area contributed by atoms with Crippen molar-refractivity contribution in [1.29, 1.82) is 0 Å². The zero-order valence-electron chi connectivity index (χ0n) is 10.6. The molecule has 6 heteroatoms. The van der Waals surface area contributed by atoms with Crippen LogP contribution in [-0.4, -0.2) is 32.7 Å². The number of hydrogen-bond donors (Lipinski definition) is 3. The number of aliphatic hydroxyl groups is 2. The smallest absolute Gasteiger partial charge is 0.268 e. The highest BCUT2D eigenvalue weighted by molar-refractivity contribution is 6.49. The molecular weight excluding hydrogens is 276 g/mol. The van der Waals surface area contributed by atoms with Crippen LogP contribution in [0.15, 0.2) is 53.5 Å². The second kappa shape index (κ2) is 5.46. The summed E-state index contributed by atoms with van der Waals surface area (Å²) in [6, 6.07) is 5.92. The van der Waals surface area contributed by atoms with Crippen molar-refractivity contribution in [2.24, 2.45) is 0 Å². The lowest BCUT2D eigenvalue weighted by atomic mass is 9.97. The maximum absolute atomic E-state index is 11.9. The van der Waals surface area contributed by atoms with Crippen LogP contribution in [-0.2, 0) is 14.4 Å². The van der Waals surface area contributed by atoms with E-state index in [4.69, 9.17) is 5.11 Å². The van der Waals surface area contributed by atoms with Gasteiger partial charge in [0.25, 0.3) is 5.78 Å². The molecule has 0 heterocycles. The van der Waals surface area contributed by atoms with Crippen molar-refractivity contribution in [3.63, 3.8) is 0 Å². The fourth-order valence-electron chi connectivity index (χ4n) is 1.70. The summed E-state index contributed by atoms with van der Waals surface area (Å²) in [5.41, 5.74) is -0.0300. The van der Waals surface area contributed by atoms with E-state index in [1.165, 1.54) is 18.2 Å². The van der Waals surface area contributed by atoms with E-state index in [2.05, 4.69) is 0 Å². The van der Waals surface area contributed by atoms with Crippen LogP contribution >= 0.6 is 0 Å². The molecule has 0 saturated heterocycles. The predicted octanol–water partition coefficient (Wildman–Crippen LogP) is 1.38. The van der Waals surface area contributed by atoms with Gasteiger partial charge in [0.2, 0.25) is 5.78 Å². The summed E-state index contributed by atoms with van der Waals surface area (Å²) in [5, 5.41) is 28.1. The van der Waals surface area contributed by atoms with Gasteiger partial charge in [0.15, 0.2) is 11.5 Å². The van der Waals surface area contributed by atoms with Crippen LogP contribution in [0.25, 0.3) is 6.08 Å². The number of phenols is 1. The lowest BCUT2D eigenvalue weighted by Crippen LogP contribution is -2.23. The highest BCUT2D eigenvalue weighted by Gasteiger charge is 2.31. The Bertz CT molecular complexity index is 719. The molecular formula is C15H10O6. The summed E-state index contributed by atoms with van der Waals surface area (Å²) in [5.74, 6) is -4.91. The van der Waals surface area contributed by atoms with E-state index < -0.39 is 34.4 Å². The summed E-state index contributed by atoms with van der Waals surface area (Å²) in [6.45, 7) is 0. The van der Waals surface area contributed by atoms with E-state index in [9.17, 15) is 24.6 Å². The average Bonchev–Trinajstić information content (AvgIpc) is 2.44. The standard InChI is InChI=1S/C15H10O6/c16-9-4-1-8(2-5-9)3-6-10(17)13-11(18)7-12(19)14(20)15(13)21/h1-7,16,18,21H/b6-3+. The summed E-state index contributed by atoms with van der Waals surface area (Å²) < 4.78 is 0. The Morgan fingerprint density at radius 1 is 1.00 bits per heavy atom. The van der Waals surface area contributed by atoms with Crippen LogP contribution in [0, 0.1) is 0 Å². The van der Waals surface area contributed by atoms with Gasteiger partial charge in [0.1, 0.15) is 17.1 Å². The molecule has 0 bridgehead atoms. The van der Waals surface area contributed by atoms with Crippen molar-refractivity contribution in [3.8, 4) is 5.75 Å². The van der Waals surface area contributed by atoms with Crippen LogP contribution < -0.4 is 0 Å². The molecule has 106 valence electrons. The Kier molecular flexibility index (Phi) is 3.71. The molecule has 21 heavy (non-hydrogen) atoms. The number of carbonyl (C=O) groups excluding carboxylic acids is 3. The van der Waals surface area contributed by atoms with E-state index in [1.54, 1.807) is 12.1 Å². The van der Waals surface area contributed by atoms with Gasteiger partial charge < -0.3 is 15.3 Å². The third-order valence-electron chi connectivity index (χ3n) is 2.77. The molecule has 6 nitrogen and oxygen atoms in total. The number of benzene rings is 1. The van der Waals surface area contributed by atoms with Crippen molar-refractivity contribution in [1.82, 2.24) is 0 Å². The minimum atomic E-state index is -1.24. The number of rotatable bonds is 3. The van der Waals surface area contributed by atoms with Gasteiger partial charge in [0, 0.05) is 6.08 Å². The summed E-state index contributed by atoms with van der Waals surface area (Å²) in [6.07, 6.45) is 2.99. The average molecular weight is 286 g/mol. The van der Waals surface area contributed by atoms with Gasteiger partial charge in [-0.1, -0.05) is 18.2 Å². The molecule has 0 radical (unpaired) electrons. The number of aliphatic hydroxyl groups excluding tert-OH is 2. The Morgan fingerprint density at radius 3 is 2.24 bits per heavy atom. The topological polar surface area (TPSA) is 112 Å². The van der Waals surface area contributed by atoms with Gasteiger partial charge in [-0.05, 0) is 23.8 Å². The van der Waals surface area contributed by atoms with Gasteiger partial charge >= 0.3 is 0 Å². The van der Waals surface area contributed by atoms with E-state index in [0.717, 1.165) is 6.08 Å². The van der Waals surface area contributed by atoms with E-state index in [1.807, 2.05) is 0 Å². The number of phenolic OH excluding ortho intramolecular Hbond substituents is 1. The molecule has 1 aromatic carbocycles. The predicted molar refractivity (Wildman–Crippen MR) is 72.5 cm³/mol. The minimum Gasteiger partial charge on any atom is -0.508 e. The fraction of sp³-hybridized carbons (Fsp3) is 0. The first kappa shape index (κ1) is 14.3. The Balaban J connectivity index is 2.28. The molecule has 1 aliphatic carbocycles. The van der Waals surface area contributed by atoms with E-state index in [0.29, 0.717) is 11.6 Å². The summed E-state index contributed by atoms with van der Waals surface area (Å²) in [7, 11) is 0. The Hall–Kier alpha value is -3.15. The molecule has 0 unspecified atom stereocenters. The van der Waals surface area contributed by atoms with Crippen molar-refractivity contribution in [2.45, 2.75) is 0 Å². The number of aromatic hydroxyl groups is 1. The first-order valence-electron chi connectivity index (χ1n) is 5.84. The quantitative estimate of drug-likeness (QED) is 0.439. The third-order valence-corrected chi connectivity index (χ3v) is 2.77. The van der Waals surface area contributed by atoms with Crippen molar-refractivity contribution < 1.29 is 29.7 Å². The highest BCUT2D eigenvalue weighted by Crippen LogP contribution is 2.20. The number of carbonyl (C=O) groups is 3. The molecule has 2 rings (SSSR count). The lowest BCUT2D eigenvalue weighted by molar-refractivity contribution is -0.133. The SMILES string of the molecule is O=C1C=C(O)C(C(=O)/C=C/c2ccc(O)cc2)=C(O)C1=O. The van der Waals surface area contributed by atoms with Crippen molar-refractivity contribution >= 4 is 23.4 Å². The van der Waals surface area contributed by atoms with Crippen LogP contribution in [0.5, 0.6) is 5.75 Å². The van der Waals surface area contributed by atoms with Gasteiger partial charge in [-0.15, -0.1) is 0 Å². The maximum atomic E-state index is 11.9. The lowest BCUT2D eigenvalue weighted by Gasteiger charge is -2.10. The third kappa shape index (κ3) is 2.89.